The quantitative estimate of drug-likeness (QED) is 0.724. The van der Waals surface area contributed by atoms with Gasteiger partial charge in [0.15, 0.2) is 0 Å². The van der Waals surface area contributed by atoms with Crippen molar-refractivity contribution in [3.8, 4) is 0 Å². The van der Waals surface area contributed by atoms with Gasteiger partial charge in [0, 0.05) is 31.7 Å². The molecule has 2 aromatic rings. The zero-order valence-electron chi connectivity index (χ0n) is 11.6. The Balaban J connectivity index is 1.59. The van der Waals surface area contributed by atoms with Crippen molar-refractivity contribution < 1.29 is 9.59 Å². The first-order chi connectivity index (χ1) is 10.2. The van der Waals surface area contributed by atoms with E-state index in [2.05, 4.69) is 20.6 Å². The zero-order valence-corrected chi connectivity index (χ0v) is 11.6. The molecule has 0 spiro atoms. The molecular weight excluding hydrogens is 270 g/mol. The highest BCUT2D eigenvalue weighted by Crippen LogP contribution is 2.11. The predicted octanol–water partition coefficient (Wildman–Crippen LogP) is -0.275. The standard InChI is InChI=1S/C14H17N5O2/c20-13(19-5-3-15-4-6-19)8-16-14(21)10-1-2-11-12(7-10)18-9-17-11/h1-2,7,9,15H,3-6,8H2,(H,16,21)(H,17,18). The molecule has 21 heavy (non-hydrogen) atoms. The molecule has 3 N–H and O–H groups in total. The minimum Gasteiger partial charge on any atom is -0.345 e. The minimum absolute atomic E-state index is 0.0276. The molecule has 1 aliphatic rings. The van der Waals surface area contributed by atoms with Crippen molar-refractivity contribution in [3.63, 3.8) is 0 Å². The molecule has 110 valence electrons. The minimum atomic E-state index is -0.255. The van der Waals surface area contributed by atoms with Gasteiger partial charge in [-0.05, 0) is 18.2 Å². The van der Waals surface area contributed by atoms with Crippen molar-refractivity contribution in [3.05, 3.63) is 30.1 Å². The van der Waals surface area contributed by atoms with E-state index in [0.29, 0.717) is 18.7 Å². The van der Waals surface area contributed by atoms with Gasteiger partial charge in [-0.3, -0.25) is 9.59 Å². The molecule has 7 nitrogen and oxygen atoms in total. The van der Waals surface area contributed by atoms with Gasteiger partial charge >= 0.3 is 0 Å². The van der Waals surface area contributed by atoms with Crippen molar-refractivity contribution in [2.75, 3.05) is 32.7 Å². The van der Waals surface area contributed by atoms with Gasteiger partial charge in [-0.15, -0.1) is 0 Å². The average molecular weight is 287 g/mol. The van der Waals surface area contributed by atoms with Crippen LogP contribution in [0.25, 0.3) is 11.0 Å². The molecule has 0 atom stereocenters. The van der Waals surface area contributed by atoms with Crippen LogP contribution in [0, 0.1) is 0 Å². The van der Waals surface area contributed by atoms with Crippen molar-refractivity contribution in [2.45, 2.75) is 0 Å². The highest BCUT2D eigenvalue weighted by molar-refractivity contribution is 5.98. The highest BCUT2D eigenvalue weighted by atomic mass is 16.2. The van der Waals surface area contributed by atoms with E-state index >= 15 is 0 Å². The zero-order chi connectivity index (χ0) is 14.7. The number of piperazine rings is 1. The van der Waals surface area contributed by atoms with Gasteiger partial charge in [0.05, 0.1) is 23.9 Å². The van der Waals surface area contributed by atoms with E-state index < -0.39 is 0 Å². The van der Waals surface area contributed by atoms with Crippen LogP contribution in [-0.2, 0) is 4.79 Å². The molecule has 1 aliphatic heterocycles. The molecule has 1 saturated heterocycles. The molecule has 3 rings (SSSR count). The number of carbonyl (C=O) groups is 2. The van der Waals surface area contributed by atoms with E-state index in [1.54, 1.807) is 29.4 Å². The number of benzene rings is 1. The number of aromatic nitrogens is 2. The first-order valence-corrected chi connectivity index (χ1v) is 6.94. The van der Waals surface area contributed by atoms with Crippen LogP contribution in [0.5, 0.6) is 0 Å². The molecule has 1 aromatic carbocycles. The number of hydrogen-bond acceptors (Lipinski definition) is 4. The second kappa shape index (κ2) is 5.92. The third-order valence-corrected chi connectivity index (χ3v) is 3.55. The smallest absolute Gasteiger partial charge is 0.251 e. The Morgan fingerprint density at radius 1 is 1.29 bits per heavy atom. The number of hydrogen-bond donors (Lipinski definition) is 3. The SMILES string of the molecule is O=C(NCC(=O)N1CCNCC1)c1ccc2nc[nH]c2c1. The molecule has 2 amide bonds. The Hall–Kier alpha value is -2.41. The number of nitrogens with one attached hydrogen (secondary N) is 3. The maximum Gasteiger partial charge on any atom is 0.251 e. The second-order valence-electron chi connectivity index (χ2n) is 4.95. The molecule has 2 heterocycles. The van der Waals surface area contributed by atoms with Gasteiger partial charge in [-0.25, -0.2) is 4.98 Å². The van der Waals surface area contributed by atoms with Gasteiger partial charge in [0.25, 0.3) is 5.91 Å². The number of imidazole rings is 1. The number of rotatable bonds is 3. The van der Waals surface area contributed by atoms with E-state index in [-0.39, 0.29) is 18.4 Å². The summed E-state index contributed by atoms with van der Waals surface area (Å²) in [6.07, 6.45) is 1.58. The largest absolute Gasteiger partial charge is 0.345 e. The first kappa shape index (κ1) is 13.6. The topological polar surface area (TPSA) is 90.1 Å². The van der Waals surface area contributed by atoms with Crippen molar-refractivity contribution >= 4 is 22.8 Å². The summed E-state index contributed by atoms with van der Waals surface area (Å²) >= 11 is 0. The Morgan fingerprint density at radius 3 is 2.90 bits per heavy atom. The van der Waals surface area contributed by atoms with Crippen LogP contribution in [0.1, 0.15) is 10.4 Å². The molecular formula is C14H17N5O2. The van der Waals surface area contributed by atoms with Crippen molar-refractivity contribution in [1.29, 1.82) is 0 Å². The average Bonchev–Trinajstić information content (AvgIpc) is 3.00. The lowest BCUT2D eigenvalue weighted by Gasteiger charge is -2.27. The van der Waals surface area contributed by atoms with E-state index in [0.717, 1.165) is 24.1 Å². The Morgan fingerprint density at radius 2 is 2.10 bits per heavy atom. The summed E-state index contributed by atoms with van der Waals surface area (Å²) in [4.78, 5) is 32.9. The van der Waals surface area contributed by atoms with Crippen LogP contribution < -0.4 is 10.6 Å². The van der Waals surface area contributed by atoms with Gasteiger partial charge in [0.1, 0.15) is 0 Å². The highest BCUT2D eigenvalue weighted by Gasteiger charge is 2.17. The van der Waals surface area contributed by atoms with E-state index in [1.165, 1.54) is 0 Å². The fourth-order valence-corrected chi connectivity index (χ4v) is 2.36. The monoisotopic (exact) mass is 287 g/mol. The van der Waals surface area contributed by atoms with Crippen LogP contribution >= 0.6 is 0 Å². The third-order valence-electron chi connectivity index (χ3n) is 3.55. The van der Waals surface area contributed by atoms with Gasteiger partial charge in [-0.2, -0.15) is 0 Å². The van der Waals surface area contributed by atoms with Gasteiger partial charge in [0.2, 0.25) is 5.91 Å². The molecule has 0 unspecified atom stereocenters. The summed E-state index contributed by atoms with van der Waals surface area (Å²) in [6, 6.07) is 5.21. The molecule has 1 aromatic heterocycles. The molecule has 0 aliphatic carbocycles. The number of H-pyrrole nitrogens is 1. The fourth-order valence-electron chi connectivity index (χ4n) is 2.36. The fraction of sp³-hybridized carbons (Fsp3) is 0.357. The van der Waals surface area contributed by atoms with Crippen LogP contribution in [0.4, 0.5) is 0 Å². The summed E-state index contributed by atoms with van der Waals surface area (Å²) in [5.74, 6) is -0.303. The molecule has 0 saturated carbocycles. The molecule has 0 radical (unpaired) electrons. The van der Waals surface area contributed by atoms with Gasteiger partial charge < -0.3 is 20.5 Å². The van der Waals surface area contributed by atoms with Crippen molar-refractivity contribution in [2.24, 2.45) is 0 Å². The number of nitrogens with zero attached hydrogens (tertiary/aromatic N) is 2. The lowest BCUT2D eigenvalue weighted by molar-refractivity contribution is -0.130. The number of carbonyl (C=O) groups excluding carboxylic acids is 2. The summed E-state index contributed by atoms with van der Waals surface area (Å²) in [7, 11) is 0. The molecule has 1 fully saturated rings. The number of fused-ring (bicyclic) bond motifs is 1. The summed E-state index contributed by atoms with van der Waals surface area (Å²) < 4.78 is 0. The lowest BCUT2D eigenvalue weighted by atomic mass is 10.2. The summed E-state index contributed by atoms with van der Waals surface area (Å²) in [6.45, 7) is 3.01. The van der Waals surface area contributed by atoms with Gasteiger partial charge in [-0.1, -0.05) is 0 Å². The second-order valence-corrected chi connectivity index (χ2v) is 4.95. The maximum absolute atomic E-state index is 12.1. The van der Waals surface area contributed by atoms with E-state index in [4.69, 9.17) is 0 Å². The Kier molecular flexibility index (Phi) is 3.83. The Bertz CT molecular complexity index is 660. The lowest BCUT2D eigenvalue weighted by Crippen LogP contribution is -2.49. The normalized spacial score (nSPS) is 15.1. The molecule has 0 bridgehead atoms. The summed E-state index contributed by atoms with van der Waals surface area (Å²) in [5, 5.41) is 5.85. The summed E-state index contributed by atoms with van der Waals surface area (Å²) in [5.41, 5.74) is 2.12. The van der Waals surface area contributed by atoms with Crippen LogP contribution in [0.3, 0.4) is 0 Å². The Labute approximate surface area is 121 Å². The van der Waals surface area contributed by atoms with E-state index in [9.17, 15) is 9.59 Å². The number of aromatic amines is 1. The van der Waals surface area contributed by atoms with Crippen LogP contribution in [-0.4, -0.2) is 59.4 Å². The van der Waals surface area contributed by atoms with E-state index in [1.807, 2.05) is 0 Å². The van der Waals surface area contributed by atoms with Crippen molar-refractivity contribution in [1.82, 2.24) is 25.5 Å². The predicted molar refractivity (Wildman–Crippen MR) is 77.9 cm³/mol. The van der Waals surface area contributed by atoms with Crippen LogP contribution in [0.2, 0.25) is 0 Å². The number of amides is 2. The molecule has 7 heteroatoms. The van der Waals surface area contributed by atoms with Crippen LogP contribution in [0.15, 0.2) is 24.5 Å². The first-order valence-electron chi connectivity index (χ1n) is 6.94. The maximum atomic E-state index is 12.1. The third kappa shape index (κ3) is 3.03.